The van der Waals surface area contributed by atoms with Crippen LogP contribution < -0.4 is 11.1 Å². The van der Waals surface area contributed by atoms with Gasteiger partial charge < -0.3 is 16.2 Å². The lowest BCUT2D eigenvalue weighted by atomic mass is 10.0. The number of carbonyl (C=O) groups excluding carboxylic acids is 1. The average molecular weight is 202 g/mol. The fourth-order valence-electron chi connectivity index (χ4n) is 1.24. The van der Waals surface area contributed by atoms with Gasteiger partial charge in [-0.2, -0.15) is 0 Å². The van der Waals surface area contributed by atoms with E-state index in [-0.39, 0.29) is 24.5 Å². The predicted molar refractivity (Wildman–Crippen MR) is 56.7 cm³/mol. The molecule has 84 valence electrons. The number of nitrogens with one attached hydrogen (secondary N) is 1. The summed E-state index contributed by atoms with van der Waals surface area (Å²) in [7, 11) is 0. The molecule has 0 aromatic heterocycles. The molecule has 2 unspecified atom stereocenters. The van der Waals surface area contributed by atoms with Gasteiger partial charge in [0.15, 0.2) is 0 Å². The van der Waals surface area contributed by atoms with E-state index in [0.717, 1.165) is 6.42 Å². The number of aliphatic hydroxyl groups is 1. The number of primary amides is 1. The summed E-state index contributed by atoms with van der Waals surface area (Å²) < 4.78 is 0. The first kappa shape index (κ1) is 13.4. The van der Waals surface area contributed by atoms with E-state index in [4.69, 9.17) is 10.8 Å². The summed E-state index contributed by atoms with van der Waals surface area (Å²) in [5, 5.41) is 12.2. The Kier molecular flexibility index (Phi) is 6.49. The van der Waals surface area contributed by atoms with E-state index in [0.29, 0.717) is 12.5 Å². The number of hydrogen-bond acceptors (Lipinski definition) is 3. The SMILES string of the molecule is CC(C)CC(CO)NCC(C)C(N)=O. The van der Waals surface area contributed by atoms with Crippen molar-refractivity contribution in [2.24, 2.45) is 17.6 Å². The van der Waals surface area contributed by atoms with Crippen molar-refractivity contribution in [2.75, 3.05) is 13.2 Å². The maximum absolute atomic E-state index is 10.7. The van der Waals surface area contributed by atoms with E-state index in [9.17, 15) is 4.79 Å². The average Bonchev–Trinajstić information content (AvgIpc) is 2.10. The second kappa shape index (κ2) is 6.79. The Balaban J connectivity index is 3.77. The molecular weight excluding hydrogens is 180 g/mol. The van der Waals surface area contributed by atoms with Crippen molar-refractivity contribution in [1.29, 1.82) is 0 Å². The molecule has 4 N–H and O–H groups in total. The van der Waals surface area contributed by atoms with Crippen LogP contribution in [-0.4, -0.2) is 30.2 Å². The lowest BCUT2D eigenvalue weighted by Gasteiger charge is -2.19. The van der Waals surface area contributed by atoms with E-state index in [1.165, 1.54) is 0 Å². The van der Waals surface area contributed by atoms with Gasteiger partial charge in [-0.15, -0.1) is 0 Å². The molecule has 4 heteroatoms. The summed E-state index contributed by atoms with van der Waals surface area (Å²) in [6, 6.07) is 0.0665. The van der Waals surface area contributed by atoms with Crippen LogP contribution in [0.1, 0.15) is 27.2 Å². The van der Waals surface area contributed by atoms with Crippen molar-refractivity contribution in [1.82, 2.24) is 5.32 Å². The Hall–Kier alpha value is -0.610. The monoisotopic (exact) mass is 202 g/mol. The van der Waals surface area contributed by atoms with Crippen LogP contribution in [0.2, 0.25) is 0 Å². The summed E-state index contributed by atoms with van der Waals surface area (Å²) in [6.07, 6.45) is 0.905. The molecule has 0 heterocycles. The van der Waals surface area contributed by atoms with E-state index in [1.54, 1.807) is 6.92 Å². The van der Waals surface area contributed by atoms with Gasteiger partial charge in [-0.05, 0) is 12.3 Å². The quantitative estimate of drug-likeness (QED) is 0.548. The molecule has 0 aliphatic rings. The highest BCUT2D eigenvalue weighted by Gasteiger charge is 2.13. The molecule has 0 spiro atoms. The van der Waals surface area contributed by atoms with E-state index in [2.05, 4.69) is 19.2 Å². The molecule has 1 amide bonds. The molecule has 0 saturated heterocycles. The minimum atomic E-state index is -0.307. The molecular formula is C10H22N2O2. The van der Waals surface area contributed by atoms with Crippen LogP contribution in [0.15, 0.2) is 0 Å². The molecule has 0 aliphatic carbocycles. The smallest absolute Gasteiger partial charge is 0.221 e. The van der Waals surface area contributed by atoms with Crippen LogP contribution in [0.5, 0.6) is 0 Å². The van der Waals surface area contributed by atoms with Crippen LogP contribution in [0, 0.1) is 11.8 Å². The number of rotatable bonds is 7. The summed E-state index contributed by atoms with van der Waals surface area (Å²) in [5.74, 6) is 0.0403. The van der Waals surface area contributed by atoms with Crippen molar-refractivity contribution in [3.63, 3.8) is 0 Å². The van der Waals surface area contributed by atoms with Gasteiger partial charge in [-0.3, -0.25) is 4.79 Å². The first-order chi connectivity index (χ1) is 6.47. The maximum Gasteiger partial charge on any atom is 0.221 e. The molecule has 0 fully saturated rings. The van der Waals surface area contributed by atoms with E-state index < -0.39 is 0 Å². The van der Waals surface area contributed by atoms with Gasteiger partial charge in [0.1, 0.15) is 0 Å². The Morgan fingerprint density at radius 1 is 1.43 bits per heavy atom. The van der Waals surface area contributed by atoms with Gasteiger partial charge in [0.2, 0.25) is 5.91 Å². The van der Waals surface area contributed by atoms with Crippen LogP contribution in [-0.2, 0) is 4.79 Å². The molecule has 0 bridgehead atoms. The second-order valence-corrected chi connectivity index (χ2v) is 4.22. The van der Waals surface area contributed by atoms with Gasteiger partial charge in [0.25, 0.3) is 0 Å². The van der Waals surface area contributed by atoms with Crippen molar-refractivity contribution >= 4 is 5.91 Å². The van der Waals surface area contributed by atoms with Crippen LogP contribution in [0.4, 0.5) is 0 Å². The summed E-state index contributed by atoms with van der Waals surface area (Å²) >= 11 is 0. The molecule has 4 nitrogen and oxygen atoms in total. The van der Waals surface area contributed by atoms with Gasteiger partial charge in [-0.1, -0.05) is 20.8 Å². The van der Waals surface area contributed by atoms with Gasteiger partial charge in [0.05, 0.1) is 6.61 Å². The Labute approximate surface area is 85.9 Å². The van der Waals surface area contributed by atoms with E-state index >= 15 is 0 Å². The number of aliphatic hydroxyl groups excluding tert-OH is 1. The zero-order valence-corrected chi connectivity index (χ0v) is 9.29. The van der Waals surface area contributed by atoms with Crippen molar-refractivity contribution in [3.8, 4) is 0 Å². The normalized spacial score (nSPS) is 15.5. The topological polar surface area (TPSA) is 75.3 Å². The fraction of sp³-hybridized carbons (Fsp3) is 0.900. The molecule has 2 atom stereocenters. The van der Waals surface area contributed by atoms with E-state index in [1.807, 2.05) is 0 Å². The first-order valence-corrected chi connectivity index (χ1v) is 5.10. The predicted octanol–water partition coefficient (Wildman–Crippen LogP) is 0.104. The van der Waals surface area contributed by atoms with Crippen molar-refractivity contribution in [3.05, 3.63) is 0 Å². The number of hydrogen-bond donors (Lipinski definition) is 3. The maximum atomic E-state index is 10.7. The lowest BCUT2D eigenvalue weighted by Crippen LogP contribution is -2.39. The molecule has 0 aliphatic heterocycles. The minimum Gasteiger partial charge on any atom is -0.395 e. The third kappa shape index (κ3) is 5.94. The molecule has 0 rings (SSSR count). The van der Waals surface area contributed by atoms with Gasteiger partial charge in [-0.25, -0.2) is 0 Å². The molecule has 0 radical (unpaired) electrons. The Morgan fingerprint density at radius 2 is 2.00 bits per heavy atom. The number of carbonyl (C=O) groups is 1. The first-order valence-electron chi connectivity index (χ1n) is 5.10. The third-order valence-corrected chi connectivity index (χ3v) is 2.17. The summed E-state index contributed by atoms with van der Waals surface area (Å²) in [6.45, 7) is 6.61. The lowest BCUT2D eigenvalue weighted by molar-refractivity contribution is -0.121. The van der Waals surface area contributed by atoms with Crippen LogP contribution in [0.25, 0.3) is 0 Å². The summed E-state index contributed by atoms with van der Waals surface area (Å²) in [5.41, 5.74) is 5.12. The molecule has 0 saturated carbocycles. The zero-order chi connectivity index (χ0) is 11.1. The highest BCUT2D eigenvalue weighted by atomic mass is 16.3. The molecule has 0 aromatic carbocycles. The highest BCUT2D eigenvalue weighted by molar-refractivity contribution is 5.76. The van der Waals surface area contributed by atoms with Crippen LogP contribution >= 0.6 is 0 Å². The minimum absolute atomic E-state index is 0.0665. The number of nitrogens with two attached hydrogens (primary N) is 1. The third-order valence-electron chi connectivity index (χ3n) is 2.17. The highest BCUT2D eigenvalue weighted by Crippen LogP contribution is 2.04. The standard InChI is InChI=1S/C10H22N2O2/c1-7(2)4-9(6-13)12-5-8(3)10(11)14/h7-9,12-13H,4-6H2,1-3H3,(H2,11,14). The fourth-order valence-corrected chi connectivity index (χ4v) is 1.24. The van der Waals surface area contributed by atoms with Crippen LogP contribution in [0.3, 0.4) is 0 Å². The Bertz CT molecular complexity index is 172. The summed E-state index contributed by atoms with van der Waals surface area (Å²) in [4.78, 5) is 10.7. The van der Waals surface area contributed by atoms with Gasteiger partial charge in [0, 0.05) is 18.5 Å². The van der Waals surface area contributed by atoms with Crippen molar-refractivity contribution < 1.29 is 9.90 Å². The number of amides is 1. The van der Waals surface area contributed by atoms with Crippen molar-refractivity contribution in [2.45, 2.75) is 33.2 Å². The largest absolute Gasteiger partial charge is 0.395 e. The zero-order valence-electron chi connectivity index (χ0n) is 9.29. The second-order valence-electron chi connectivity index (χ2n) is 4.22. The van der Waals surface area contributed by atoms with Gasteiger partial charge >= 0.3 is 0 Å². The molecule has 0 aromatic rings. The molecule has 14 heavy (non-hydrogen) atoms. The Morgan fingerprint density at radius 3 is 2.36 bits per heavy atom.